The van der Waals surface area contributed by atoms with Crippen molar-refractivity contribution >= 4 is 35.8 Å². The highest BCUT2D eigenvalue weighted by Crippen LogP contribution is 2.28. The van der Waals surface area contributed by atoms with Crippen LogP contribution in [0.2, 0.25) is 0 Å². The van der Waals surface area contributed by atoms with Gasteiger partial charge in [0.25, 0.3) is 0 Å². The Bertz CT molecular complexity index is 905. The SMILES string of the molecule is CN=C(NCCN1CCN(C(=O)C2CCC2)CC1)NC(C)c1cccc(-n2cccn2)c1.I. The fraction of sp³-hybridized carbons (Fsp3) is 0.542. The molecule has 1 aliphatic carbocycles. The third-order valence-electron chi connectivity index (χ3n) is 6.57. The van der Waals surface area contributed by atoms with E-state index in [9.17, 15) is 4.79 Å². The van der Waals surface area contributed by atoms with Crippen molar-refractivity contribution in [2.75, 3.05) is 46.3 Å². The summed E-state index contributed by atoms with van der Waals surface area (Å²) in [7, 11) is 1.80. The zero-order chi connectivity index (χ0) is 22.3. The lowest BCUT2D eigenvalue weighted by Crippen LogP contribution is -2.52. The van der Waals surface area contributed by atoms with E-state index in [1.54, 1.807) is 13.2 Å². The van der Waals surface area contributed by atoms with Crippen LogP contribution in [-0.4, -0.2) is 77.8 Å². The summed E-state index contributed by atoms with van der Waals surface area (Å²) >= 11 is 0. The molecular formula is C24H36IN7O. The van der Waals surface area contributed by atoms with Crippen LogP contribution >= 0.6 is 24.0 Å². The summed E-state index contributed by atoms with van der Waals surface area (Å²) in [6.07, 6.45) is 7.11. The fourth-order valence-electron chi connectivity index (χ4n) is 4.28. The molecule has 4 rings (SSSR count). The van der Waals surface area contributed by atoms with Gasteiger partial charge in [-0.25, -0.2) is 4.68 Å². The molecule has 1 aromatic heterocycles. The standard InChI is InChI=1S/C24H35N7O.HI/c1-19(21-8-4-9-22(18-21)31-12-5-10-27-31)28-24(25-2)26-11-13-29-14-16-30(17-15-29)23(32)20-6-3-7-20;/h4-5,8-10,12,18-20H,3,6-7,11,13-17H2,1-2H3,(H2,25,26,28);1H. The van der Waals surface area contributed by atoms with Crippen molar-refractivity contribution in [3.63, 3.8) is 0 Å². The van der Waals surface area contributed by atoms with Gasteiger partial charge in [-0.05, 0) is 43.5 Å². The number of halogens is 1. The van der Waals surface area contributed by atoms with E-state index in [0.29, 0.717) is 11.8 Å². The van der Waals surface area contributed by atoms with E-state index < -0.39 is 0 Å². The molecule has 1 saturated carbocycles. The van der Waals surface area contributed by atoms with Crippen molar-refractivity contribution in [3.8, 4) is 5.69 Å². The first kappa shape index (κ1) is 25.5. The van der Waals surface area contributed by atoms with Gasteiger partial charge >= 0.3 is 0 Å². The zero-order valence-electron chi connectivity index (χ0n) is 19.6. The summed E-state index contributed by atoms with van der Waals surface area (Å²) in [5, 5.41) is 11.2. The molecule has 9 heteroatoms. The predicted octanol–water partition coefficient (Wildman–Crippen LogP) is 2.66. The number of carbonyl (C=O) groups is 1. The number of aliphatic imine (C=N–C) groups is 1. The number of hydrogen-bond donors (Lipinski definition) is 2. The van der Waals surface area contributed by atoms with Gasteiger partial charge in [-0.2, -0.15) is 5.10 Å². The second-order valence-corrected chi connectivity index (χ2v) is 8.71. The van der Waals surface area contributed by atoms with Crippen LogP contribution < -0.4 is 10.6 Å². The van der Waals surface area contributed by atoms with Crippen LogP contribution in [-0.2, 0) is 4.79 Å². The first-order valence-electron chi connectivity index (χ1n) is 11.7. The molecule has 8 nitrogen and oxygen atoms in total. The van der Waals surface area contributed by atoms with Gasteiger partial charge in [0, 0.05) is 64.6 Å². The number of carbonyl (C=O) groups excluding carboxylic acids is 1. The van der Waals surface area contributed by atoms with Crippen molar-refractivity contribution in [1.29, 1.82) is 0 Å². The second-order valence-electron chi connectivity index (χ2n) is 8.71. The molecule has 2 aliphatic rings. The van der Waals surface area contributed by atoms with Crippen LogP contribution in [0.4, 0.5) is 0 Å². The molecule has 2 N–H and O–H groups in total. The van der Waals surface area contributed by atoms with Crippen molar-refractivity contribution < 1.29 is 4.79 Å². The van der Waals surface area contributed by atoms with Crippen LogP contribution in [0.5, 0.6) is 0 Å². The molecule has 1 unspecified atom stereocenters. The fourth-order valence-corrected chi connectivity index (χ4v) is 4.28. The summed E-state index contributed by atoms with van der Waals surface area (Å²) in [5.74, 6) is 1.48. The number of rotatable bonds is 7. The Balaban J connectivity index is 0.00000306. The molecule has 1 aliphatic heterocycles. The topological polar surface area (TPSA) is 77.8 Å². The third kappa shape index (κ3) is 6.69. The highest BCUT2D eigenvalue weighted by Gasteiger charge is 2.31. The van der Waals surface area contributed by atoms with Crippen LogP contribution in [0.15, 0.2) is 47.7 Å². The van der Waals surface area contributed by atoms with Crippen LogP contribution in [0.1, 0.15) is 37.8 Å². The molecule has 0 bridgehead atoms. The Morgan fingerprint density at radius 1 is 1.21 bits per heavy atom. The molecule has 33 heavy (non-hydrogen) atoms. The number of guanidine groups is 1. The molecule has 0 radical (unpaired) electrons. The van der Waals surface area contributed by atoms with Gasteiger partial charge in [0.1, 0.15) is 0 Å². The highest BCUT2D eigenvalue weighted by molar-refractivity contribution is 14.0. The highest BCUT2D eigenvalue weighted by atomic mass is 127. The minimum Gasteiger partial charge on any atom is -0.355 e. The Labute approximate surface area is 213 Å². The van der Waals surface area contributed by atoms with Gasteiger partial charge in [-0.1, -0.05) is 18.6 Å². The van der Waals surface area contributed by atoms with Crippen LogP contribution in [0.3, 0.4) is 0 Å². The maximum Gasteiger partial charge on any atom is 0.225 e. The summed E-state index contributed by atoms with van der Waals surface area (Å²) in [4.78, 5) is 21.3. The number of aromatic nitrogens is 2. The van der Waals surface area contributed by atoms with Gasteiger partial charge < -0.3 is 15.5 Å². The summed E-state index contributed by atoms with van der Waals surface area (Å²) < 4.78 is 1.86. The van der Waals surface area contributed by atoms with Crippen molar-refractivity contribution in [3.05, 3.63) is 48.3 Å². The average molecular weight is 566 g/mol. The molecule has 1 atom stereocenters. The van der Waals surface area contributed by atoms with E-state index in [4.69, 9.17) is 0 Å². The van der Waals surface area contributed by atoms with Crippen molar-refractivity contribution in [2.45, 2.75) is 32.2 Å². The van der Waals surface area contributed by atoms with E-state index in [0.717, 1.165) is 63.8 Å². The second kappa shape index (κ2) is 12.4. The smallest absolute Gasteiger partial charge is 0.225 e. The number of hydrogen-bond acceptors (Lipinski definition) is 4. The van der Waals surface area contributed by atoms with Crippen molar-refractivity contribution in [2.24, 2.45) is 10.9 Å². The molecule has 2 heterocycles. The summed E-state index contributed by atoms with van der Waals surface area (Å²) in [5.41, 5.74) is 2.22. The monoisotopic (exact) mass is 565 g/mol. The number of benzene rings is 1. The number of amides is 1. The minimum atomic E-state index is 0. The van der Waals surface area contributed by atoms with E-state index in [-0.39, 0.29) is 30.0 Å². The Morgan fingerprint density at radius 2 is 2.00 bits per heavy atom. The molecule has 0 spiro atoms. The maximum atomic E-state index is 12.4. The van der Waals surface area contributed by atoms with Gasteiger partial charge in [0.05, 0.1) is 11.7 Å². The first-order valence-corrected chi connectivity index (χ1v) is 11.7. The van der Waals surface area contributed by atoms with Gasteiger partial charge in [-0.3, -0.25) is 14.7 Å². The predicted molar refractivity (Wildman–Crippen MR) is 142 cm³/mol. The van der Waals surface area contributed by atoms with E-state index in [1.165, 1.54) is 12.0 Å². The number of nitrogens with zero attached hydrogens (tertiary/aromatic N) is 5. The lowest BCUT2D eigenvalue weighted by Gasteiger charge is -2.38. The Kier molecular flexibility index (Phi) is 9.54. The van der Waals surface area contributed by atoms with Crippen LogP contribution in [0.25, 0.3) is 5.69 Å². The molecule has 1 saturated heterocycles. The van der Waals surface area contributed by atoms with E-state index in [1.807, 2.05) is 16.9 Å². The molecular weight excluding hydrogens is 529 g/mol. The van der Waals surface area contributed by atoms with Gasteiger partial charge in [-0.15, -0.1) is 24.0 Å². The normalized spacial score (nSPS) is 18.2. The van der Waals surface area contributed by atoms with E-state index in [2.05, 4.69) is 61.7 Å². The molecule has 1 aromatic carbocycles. The Morgan fingerprint density at radius 3 is 2.64 bits per heavy atom. The maximum absolute atomic E-state index is 12.4. The quantitative estimate of drug-likeness (QED) is 0.307. The van der Waals surface area contributed by atoms with Gasteiger partial charge in [0.2, 0.25) is 5.91 Å². The number of piperazine rings is 1. The molecule has 180 valence electrons. The first-order chi connectivity index (χ1) is 15.6. The lowest BCUT2D eigenvalue weighted by atomic mass is 9.84. The van der Waals surface area contributed by atoms with E-state index >= 15 is 0 Å². The molecule has 2 fully saturated rings. The number of nitrogens with one attached hydrogen (secondary N) is 2. The largest absolute Gasteiger partial charge is 0.355 e. The van der Waals surface area contributed by atoms with Crippen LogP contribution in [0, 0.1) is 5.92 Å². The summed E-state index contributed by atoms with van der Waals surface area (Å²) in [6.45, 7) is 7.49. The lowest BCUT2D eigenvalue weighted by molar-refractivity contribution is -0.139. The van der Waals surface area contributed by atoms with Crippen molar-refractivity contribution in [1.82, 2.24) is 30.2 Å². The molecule has 1 amide bonds. The summed E-state index contributed by atoms with van der Waals surface area (Å²) in [6, 6.07) is 10.4. The third-order valence-corrected chi connectivity index (χ3v) is 6.57. The van der Waals surface area contributed by atoms with Gasteiger partial charge in [0.15, 0.2) is 5.96 Å². The average Bonchev–Trinajstić information content (AvgIpc) is 3.33. The molecule has 2 aromatic rings. The Hall–Kier alpha value is -2.14. The minimum absolute atomic E-state index is 0. The zero-order valence-corrected chi connectivity index (χ0v) is 21.9.